The number of hydrogen-bond acceptors (Lipinski definition) is 5. The minimum absolute atomic E-state index is 0.152. The van der Waals surface area contributed by atoms with E-state index in [4.69, 9.17) is 4.74 Å². The van der Waals surface area contributed by atoms with Crippen LogP contribution >= 0.6 is 0 Å². The van der Waals surface area contributed by atoms with Gasteiger partial charge in [0.2, 0.25) is 0 Å². The number of carbonyl (C=O) groups is 1. The molecule has 9 heteroatoms. The molecule has 2 N–H and O–H groups in total. The number of sulfonamides is 1. The van der Waals surface area contributed by atoms with E-state index in [1.54, 1.807) is 18.3 Å². The average molecular weight is 401 g/mol. The monoisotopic (exact) mass is 401 g/mol. The van der Waals surface area contributed by atoms with Crippen molar-refractivity contribution in [3.05, 3.63) is 78.4 Å². The maximum Gasteiger partial charge on any atom is 0.264 e. The molecule has 1 heterocycles. The van der Waals surface area contributed by atoms with E-state index in [0.717, 1.165) is 12.1 Å². The number of ether oxygens (including phenoxy) is 1. The topological polar surface area (TPSA) is 97.4 Å². The van der Waals surface area contributed by atoms with Gasteiger partial charge in [0.25, 0.3) is 15.9 Å². The Morgan fingerprint density at radius 2 is 1.89 bits per heavy atom. The van der Waals surface area contributed by atoms with Crippen LogP contribution in [0.3, 0.4) is 0 Å². The van der Waals surface area contributed by atoms with E-state index in [0.29, 0.717) is 11.3 Å². The number of pyridine rings is 1. The zero-order valence-electron chi connectivity index (χ0n) is 14.7. The molecule has 0 unspecified atom stereocenters. The molecule has 0 aliphatic carbocycles. The van der Waals surface area contributed by atoms with Gasteiger partial charge < -0.3 is 10.1 Å². The van der Waals surface area contributed by atoms with E-state index < -0.39 is 26.6 Å². The van der Waals surface area contributed by atoms with Gasteiger partial charge >= 0.3 is 0 Å². The third kappa shape index (κ3) is 4.26. The summed E-state index contributed by atoms with van der Waals surface area (Å²) in [5, 5.41) is 2.67. The number of halogens is 1. The SMILES string of the molecule is COc1cc(NS(=O)(=O)c2ccccc2F)ccc1NC(=O)c1cccnc1. The summed E-state index contributed by atoms with van der Waals surface area (Å²) < 4.78 is 46.1. The Bertz CT molecular complexity index is 1110. The van der Waals surface area contributed by atoms with Crippen LogP contribution in [0.4, 0.5) is 15.8 Å². The number of aromatic nitrogens is 1. The van der Waals surface area contributed by atoms with Gasteiger partial charge in [0.15, 0.2) is 0 Å². The molecular weight excluding hydrogens is 385 g/mol. The van der Waals surface area contributed by atoms with Crippen molar-refractivity contribution in [3.63, 3.8) is 0 Å². The van der Waals surface area contributed by atoms with Crippen LogP contribution < -0.4 is 14.8 Å². The number of rotatable bonds is 6. The van der Waals surface area contributed by atoms with Crippen LogP contribution in [0, 0.1) is 5.82 Å². The molecular formula is C19H16FN3O4S. The number of nitrogens with zero attached hydrogens (tertiary/aromatic N) is 1. The fourth-order valence-corrected chi connectivity index (χ4v) is 3.55. The van der Waals surface area contributed by atoms with Crippen molar-refractivity contribution in [3.8, 4) is 5.75 Å². The smallest absolute Gasteiger partial charge is 0.264 e. The standard InChI is InChI=1S/C19H16FN3O4S/c1-27-17-11-14(23-28(25,26)18-7-3-2-6-15(18)20)8-9-16(17)22-19(24)13-5-4-10-21-12-13/h2-12,23H,1H3,(H,22,24). The van der Waals surface area contributed by atoms with E-state index in [-0.39, 0.29) is 11.4 Å². The number of benzene rings is 2. The Balaban J connectivity index is 1.83. The Kier molecular flexibility index (Phi) is 5.55. The molecule has 0 aliphatic rings. The Morgan fingerprint density at radius 1 is 1.11 bits per heavy atom. The van der Waals surface area contributed by atoms with Gasteiger partial charge in [0, 0.05) is 18.5 Å². The number of anilines is 2. The summed E-state index contributed by atoms with van der Waals surface area (Å²) in [5.41, 5.74) is 0.846. The molecule has 0 bridgehead atoms. The van der Waals surface area contributed by atoms with Gasteiger partial charge in [-0.2, -0.15) is 0 Å². The second kappa shape index (κ2) is 8.05. The number of methoxy groups -OCH3 is 1. The maximum absolute atomic E-state index is 13.8. The molecule has 1 amide bonds. The molecule has 28 heavy (non-hydrogen) atoms. The summed E-state index contributed by atoms with van der Waals surface area (Å²) in [6.45, 7) is 0. The molecule has 3 aromatic rings. The molecule has 3 rings (SSSR count). The molecule has 0 saturated heterocycles. The minimum Gasteiger partial charge on any atom is -0.494 e. The first-order valence-electron chi connectivity index (χ1n) is 8.07. The van der Waals surface area contributed by atoms with Crippen molar-refractivity contribution in [1.29, 1.82) is 0 Å². The van der Waals surface area contributed by atoms with Crippen molar-refractivity contribution in [2.75, 3.05) is 17.1 Å². The fourth-order valence-electron chi connectivity index (χ4n) is 2.42. The van der Waals surface area contributed by atoms with Crippen LogP contribution in [0.1, 0.15) is 10.4 Å². The van der Waals surface area contributed by atoms with Crippen molar-refractivity contribution in [1.82, 2.24) is 4.98 Å². The summed E-state index contributed by atoms with van der Waals surface area (Å²) in [5.74, 6) is -1.03. The summed E-state index contributed by atoms with van der Waals surface area (Å²) in [6.07, 6.45) is 2.96. The highest BCUT2D eigenvalue weighted by Gasteiger charge is 2.19. The van der Waals surface area contributed by atoms with Gasteiger partial charge in [-0.1, -0.05) is 12.1 Å². The molecule has 0 spiro atoms. The lowest BCUT2D eigenvalue weighted by Crippen LogP contribution is -2.15. The summed E-state index contributed by atoms with van der Waals surface area (Å²) in [4.78, 5) is 15.7. The van der Waals surface area contributed by atoms with Gasteiger partial charge in [0.1, 0.15) is 16.5 Å². The van der Waals surface area contributed by atoms with Crippen molar-refractivity contribution in [2.45, 2.75) is 4.90 Å². The molecule has 144 valence electrons. The van der Waals surface area contributed by atoms with Gasteiger partial charge in [0.05, 0.1) is 24.0 Å². The summed E-state index contributed by atoms with van der Waals surface area (Å²) in [7, 11) is -2.74. The molecule has 2 aromatic carbocycles. The van der Waals surface area contributed by atoms with Crippen LogP contribution in [0.15, 0.2) is 71.9 Å². The average Bonchev–Trinajstić information content (AvgIpc) is 2.69. The Labute approximate surface area is 161 Å². The third-order valence-corrected chi connectivity index (χ3v) is 5.17. The van der Waals surface area contributed by atoms with Crippen LogP contribution in [0.25, 0.3) is 0 Å². The van der Waals surface area contributed by atoms with E-state index in [1.807, 2.05) is 0 Å². The van der Waals surface area contributed by atoms with Gasteiger partial charge in [-0.15, -0.1) is 0 Å². The molecule has 7 nitrogen and oxygen atoms in total. The third-order valence-electron chi connectivity index (χ3n) is 3.75. The molecule has 0 radical (unpaired) electrons. The number of carbonyl (C=O) groups excluding carboxylic acids is 1. The van der Waals surface area contributed by atoms with Crippen molar-refractivity contribution < 1.29 is 22.3 Å². The maximum atomic E-state index is 13.8. The molecule has 0 saturated carbocycles. The first kappa shape index (κ1) is 19.3. The lowest BCUT2D eigenvalue weighted by molar-refractivity contribution is 0.102. The van der Waals surface area contributed by atoms with E-state index in [2.05, 4.69) is 15.0 Å². The lowest BCUT2D eigenvalue weighted by atomic mass is 10.2. The second-order valence-electron chi connectivity index (χ2n) is 5.65. The lowest BCUT2D eigenvalue weighted by Gasteiger charge is -2.13. The Hall–Kier alpha value is -3.46. The number of nitrogens with one attached hydrogen (secondary N) is 2. The normalized spacial score (nSPS) is 10.9. The highest BCUT2D eigenvalue weighted by atomic mass is 32.2. The van der Waals surface area contributed by atoms with Crippen molar-refractivity contribution in [2.24, 2.45) is 0 Å². The van der Waals surface area contributed by atoms with E-state index in [9.17, 15) is 17.6 Å². The van der Waals surface area contributed by atoms with Gasteiger partial charge in [-0.3, -0.25) is 14.5 Å². The zero-order chi connectivity index (χ0) is 20.1. The van der Waals surface area contributed by atoms with Crippen LogP contribution in [-0.2, 0) is 10.0 Å². The molecule has 0 fully saturated rings. The summed E-state index contributed by atoms with van der Waals surface area (Å²) >= 11 is 0. The highest BCUT2D eigenvalue weighted by Crippen LogP contribution is 2.30. The minimum atomic E-state index is -4.12. The predicted molar refractivity (Wildman–Crippen MR) is 102 cm³/mol. The van der Waals surface area contributed by atoms with Crippen LogP contribution in [0.5, 0.6) is 5.75 Å². The van der Waals surface area contributed by atoms with E-state index >= 15 is 0 Å². The Morgan fingerprint density at radius 3 is 2.57 bits per heavy atom. The number of hydrogen-bond donors (Lipinski definition) is 2. The van der Waals surface area contributed by atoms with Crippen molar-refractivity contribution >= 4 is 27.3 Å². The predicted octanol–water partition coefficient (Wildman–Crippen LogP) is 3.28. The van der Waals surface area contributed by atoms with Gasteiger partial charge in [-0.25, -0.2) is 12.8 Å². The fraction of sp³-hybridized carbons (Fsp3) is 0.0526. The van der Waals surface area contributed by atoms with Gasteiger partial charge in [-0.05, 0) is 36.4 Å². The first-order valence-corrected chi connectivity index (χ1v) is 9.56. The molecule has 0 atom stereocenters. The molecule has 1 aromatic heterocycles. The van der Waals surface area contributed by atoms with E-state index in [1.165, 1.54) is 43.6 Å². The molecule has 0 aliphatic heterocycles. The summed E-state index contributed by atoms with van der Waals surface area (Å²) in [6, 6.07) is 12.6. The number of amides is 1. The van der Waals surface area contributed by atoms with Crippen LogP contribution in [0.2, 0.25) is 0 Å². The van der Waals surface area contributed by atoms with Crippen LogP contribution in [-0.4, -0.2) is 26.4 Å². The largest absolute Gasteiger partial charge is 0.494 e. The quantitative estimate of drug-likeness (QED) is 0.661. The second-order valence-corrected chi connectivity index (χ2v) is 7.30. The highest BCUT2D eigenvalue weighted by molar-refractivity contribution is 7.92. The zero-order valence-corrected chi connectivity index (χ0v) is 15.5. The first-order chi connectivity index (χ1) is 13.4.